The Morgan fingerprint density at radius 2 is 1.82 bits per heavy atom. The van der Waals surface area contributed by atoms with E-state index in [0.717, 1.165) is 6.42 Å². The van der Waals surface area contributed by atoms with Crippen LogP contribution in [0, 0.1) is 11.8 Å². The maximum atomic E-state index is 12.4. The summed E-state index contributed by atoms with van der Waals surface area (Å²) in [6, 6.07) is 0.0774. The van der Waals surface area contributed by atoms with E-state index in [1.807, 2.05) is 27.8 Å². The Bertz CT molecular complexity index is 384. The highest BCUT2D eigenvalue weighted by molar-refractivity contribution is 5.83. The lowest BCUT2D eigenvalue weighted by molar-refractivity contribution is -0.128. The number of rotatable bonds is 6. The van der Waals surface area contributed by atoms with Crippen molar-refractivity contribution in [3.05, 3.63) is 0 Å². The highest BCUT2D eigenvalue weighted by atomic mass is 16.2. The van der Waals surface area contributed by atoms with Gasteiger partial charge >= 0.3 is 0 Å². The fourth-order valence-corrected chi connectivity index (χ4v) is 3.02. The molecule has 22 heavy (non-hydrogen) atoms. The largest absolute Gasteiger partial charge is 0.353 e. The molecule has 1 aliphatic carbocycles. The number of carbonyl (C=O) groups excluding carboxylic acids is 2. The first kappa shape index (κ1) is 18.9. The van der Waals surface area contributed by atoms with Crippen LogP contribution < -0.4 is 10.6 Å². The summed E-state index contributed by atoms with van der Waals surface area (Å²) in [5.74, 6) is 1.14. The summed E-state index contributed by atoms with van der Waals surface area (Å²) in [6.45, 7) is 10.4. The fraction of sp³-hybridized carbons (Fsp3) is 0.882. The van der Waals surface area contributed by atoms with Crippen molar-refractivity contribution in [3.63, 3.8) is 0 Å². The molecule has 0 spiro atoms. The molecule has 2 amide bonds. The molecule has 1 saturated carbocycles. The zero-order valence-electron chi connectivity index (χ0n) is 15.0. The van der Waals surface area contributed by atoms with Crippen molar-refractivity contribution >= 4 is 11.8 Å². The van der Waals surface area contributed by atoms with Crippen LogP contribution in [0.25, 0.3) is 0 Å². The van der Waals surface area contributed by atoms with E-state index >= 15 is 0 Å². The van der Waals surface area contributed by atoms with E-state index in [4.69, 9.17) is 0 Å². The minimum absolute atomic E-state index is 0.0193. The van der Waals surface area contributed by atoms with Crippen molar-refractivity contribution < 1.29 is 9.59 Å². The molecule has 0 saturated heterocycles. The topological polar surface area (TPSA) is 61.4 Å². The number of amides is 2. The van der Waals surface area contributed by atoms with Crippen LogP contribution in [-0.2, 0) is 9.59 Å². The maximum absolute atomic E-state index is 12.4. The van der Waals surface area contributed by atoms with Gasteiger partial charge in [-0.15, -0.1) is 0 Å². The van der Waals surface area contributed by atoms with Gasteiger partial charge in [-0.2, -0.15) is 0 Å². The first-order valence-electron chi connectivity index (χ1n) is 8.52. The summed E-state index contributed by atoms with van der Waals surface area (Å²) >= 11 is 0. The minimum Gasteiger partial charge on any atom is -0.353 e. The quantitative estimate of drug-likeness (QED) is 0.786. The van der Waals surface area contributed by atoms with E-state index in [-0.39, 0.29) is 36.5 Å². The molecule has 0 radical (unpaired) electrons. The van der Waals surface area contributed by atoms with Gasteiger partial charge in [0.05, 0.1) is 12.6 Å². The zero-order valence-corrected chi connectivity index (χ0v) is 15.0. The van der Waals surface area contributed by atoms with Crippen molar-refractivity contribution in [2.75, 3.05) is 13.6 Å². The van der Waals surface area contributed by atoms with E-state index in [0.29, 0.717) is 11.8 Å². The van der Waals surface area contributed by atoms with Crippen molar-refractivity contribution in [1.82, 2.24) is 15.5 Å². The third-order valence-electron chi connectivity index (χ3n) is 4.92. The van der Waals surface area contributed by atoms with Crippen LogP contribution in [0.3, 0.4) is 0 Å². The first-order chi connectivity index (χ1) is 10.2. The van der Waals surface area contributed by atoms with Crippen LogP contribution in [0.5, 0.6) is 0 Å². The summed E-state index contributed by atoms with van der Waals surface area (Å²) in [4.78, 5) is 26.0. The van der Waals surface area contributed by atoms with Gasteiger partial charge in [0.2, 0.25) is 11.8 Å². The summed E-state index contributed by atoms with van der Waals surface area (Å²) in [6.07, 6.45) is 3.48. The predicted octanol–water partition coefficient (Wildman–Crippen LogP) is 1.77. The Morgan fingerprint density at radius 1 is 1.18 bits per heavy atom. The average Bonchev–Trinajstić information content (AvgIpc) is 2.41. The van der Waals surface area contributed by atoms with Crippen LogP contribution in [0.1, 0.15) is 53.9 Å². The average molecular weight is 311 g/mol. The summed E-state index contributed by atoms with van der Waals surface area (Å²) in [7, 11) is 1.82. The molecule has 128 valence electrons. The molecule has 0 aromatic carbocycles. The molecule has 4 atom stereocenters. The Labute approximate surface area is 135 Å². The van der Waals surface area contributed by atoms with Gasteiger partial charge < -0.3 is 10.6 Å². The molecule has 0 unspecified atom stereocenters. The molecular formula is C17H33N3O2. The second kappa shape index (κ2) is 8.51. The number of likely N-dealkylation sites (N-methyl/N-ethyl adjacent to an activating group) is 1. The molecule has 5 heteroatoms. The lowest BCUT2D eigenvalue weighted by Gasteiger charge is -2.36. The molecule has 2 N–H and O–H groups in total. The molecule has 1 rings (SSSR count). The van der Waals surface area contributed by atoms with Crippen LogP contribution >= 0.6 is 0 Å². The van der Waals surface area contributed by atoms with Gasteiger partial charge in [-0.1, -0.05) is 26.7 Å². The Morgan fingerprint density at radius 3 is 2.41 bits per heavy atom. The predicted molar refractivity (Wildman–Crippen MR) is 89.5 cm³/mol. The molecule has 0 aromatic rings. The SMILES string of the molecule is CC(C)NC(=O)CN(C)[C@H](C)C(=O)N[C@H]1CCC[C@@H](C)[C@H]1C. The van der Waals surface area contributed by atoms with Crippen molar-refractivity contribution in [1.29, 1.82) is 0 Å². The molecule has 1 aliphatic rings. The van der Waals surface area contributed by atoms with Gasteiger partial charge in [0.25, 0.3) is 0 Å². The molecular weight excluding hydrogens is 278 g/mol. The fourth-order valence-electron chi connectivity index (χ4n) is 3.02. The highest BCUT2D eigenvalue weighted by Gasteiger charge is 2.30. The molecule has 5 nitrogen and oxygen atoms in total. The lowest BCUT2D eigenvalue weighted by atomic mass is 9.78. The van der Waals surface area contributed by atoms with Gasteiger partial charge in [0.15, 0.2) is 0 Å². The van der Waals surface area contributed by atoms with E-state index < -0.39 is 0 Å². The zero-order chi connectivity index (χ0) is 16.9. The smallest absolute Gasteiger partial charge is 0.237 e. The van der Waals surface area contributed by atoms with Gasteiger partial charge in [0, 0.05) is 12.1 Å². The van der Waals surface area contributed by atoms with Crippen molar-refractivity contribution in [2.24, 2.45) is 11.8 Å². The number of nitrogens with zero attached hydrogens (tertiary/aromatic N) is 1. The number of carbonyl (C=O) groups is 2. The third-order valence-corrected chi connectivity index (χ3v) is 4.92. The van der Waals surface area contributed by atoms with Crippen LogP contribution in [0.15, 0.2) is 0 Å². The van der Waals surface area contributed by atoms with Gasteiger partial charge in [0.1, 0.15) is 0 Å². The molecule has 0 bridgehead atoms. The summed E-state index contributed by atoms with van der Waals surface area (Å²) in [5.41, 5.74) is 0. The summed E-state index contributed by atoms with van der Waals surface area (Å²) in [5, 5.41) is 6.03. The second-order valence-electron chi connectivity index (χ2n) is 7.20. The third kappa shape index (κ3) is 5.59. The monoisotopic (exact) mass is 311 g/mol. The first-order valence-corrected chi connectivity index (χ1v) is 8.52. The van der Waals surface area contributed by atoms with Crippen molar-refractivity contribution in [2.45, 2.75) is 72.0 Å². The number of hydrogen-bond donors (Lipinski definition) is 2. The van der Waals surface area contributed by atoms with Gasteiger partial charge in [-0.3, -0.25) is 14.5 Å². The van der Waals surface area contributed by atoms with Crippen molar-refractivity contribution in [3.8, 4) is 0 Å². The summed E-state index contributed by atoms with van der Waals surface area (Å²) < 4.78 is 0. The lowest BCUT2D eigenvalue weighted by Crippen LogP contribution is -2.52. The Hall–Kier alpha value is -1.10. The molecule has 0 heterocycles. The van der Waals surface area contributed by atoms with Gasteiger partial charge in [-0.25, -0.2) is 0 Å². The van der Waals surface area contributed by atoms with Crippen LogP contribution in [-0.4, -0.2) is 48.4 Å². The number of hydrogen-bond acceptors (Lipinski definition) is 3. The Balaban J connectivity index is 2.48. The molecule has 1 fully saturated rings. The molecule has 0 aliphatic heterocycles. The van der Waals surface area contributed by atoms with Crippen LogP contribution in [0.4, 0.5) is 0 Å². The molecule has 0 aromatic heterocycles. The van der Waals surface area contributed by atoms with E-state index in [1.54, 1.807) is 4.90 Å². The Kier molecular flexibility index (Phi) is 7.33. The minimum atomic E-state index is -0.303. The second-order valence-corrected chi connectivity index (χ2v) is 7.20. The highest BCUT2D eigenvalue weighted by Crippen LogP contribution is 2.29. The van der Waals surface area contributed by atoms with E-state index in [1.165, 1.54) is 12.8 Å². The standard InChI is InChI=1S/C17H33N3O2/c1-11(2)18-16(21)10-20(6)14(5)17(22)19-15-9-7-8-12(3)13(15)4/h11-15H,7-10H2,1-6H3,(H,18,21)(H,19,22)/t12-,13-,14-,15+/m1/s1. The van der Waals surface area contributed by atoms with Crippen LogP contribution in [0.2, 0.25) is 0 Å². The van der Waals surface area contributed by atoms with E-state index in [9.17, 15) is 9.59 Å². The number of nitrogens with one attached hydrogen (secondary N) is 2. The van der Waals surface area contributed by atoms with Gasteiger partial charge in [-0.05, 0) is 46.1 Å². The normalized spacial score (nSPS) is 26.8. The van der Waals surface area contributed by atoms with E-state index in [2.05, 4.69) is 24.5 Å². The maximum Gasteiger partial charge on any atom is 0.237 e.